The maximum Gasteiger partial charge on any atom is 0.243 e. The maximum absolute atomic E-state index is 14.0. The van der Waals surface area contributed by atoms with Crippen LogP contribution in [0.3, 0.4) is 0 Å². The van der Waals surface area contributed by atoms with Gasteiger partial charge in [-0.3, -0.25) is 14.5 Å². The molecule has 36 heavy (non-hydrogen) atoms. The largest absolute Gasteiger partial charge is 0.497 e. The summed E-state index contributed by atoms with van der Waals surface area (Å²) in [5.74, 6) is 0.445. The Morgan fingerprint density at radius 1 is 1.03 bits per heavy atom. The number of halogens is 1. The molecule has 2 aromatic carbocycles. The molecular weight excluding hydrogens is 461 g/mol. The van der Waals surface area contributed by atoms with Crippen molar-refractivity contribution in [3.05, 3.63) is 59.9 Å². The summed E-state index contributed by atoms with van der Waals surface area (Å²) < 4.78 is 19.2. The zero-order valence-corrected chi connectivity index (χ0v) is 20.8. The number of benzene rings is 2. The number of ether oxygens (including phenoxy) is 1. The number of piperazine rings is 1. The average molecular weight is 496 g/mol. The van der Waals surface area contributed by atoms with Gasteiger partial charge in [-0.15, -0.1) is 0 Å². The molecule has 0 bridgehead atoms. The van der Waals surface area contributed by atoms with Gasteiger partial charge in [-0.05, 0) is 54.9 Å². The highest BCUT2D eigenvalue weighted by Crippen LogP contribution is 2.20. The number of hydrogen-bond donors (Lipinski definition) is 1. The van der Waals surface area contributed by atoms with Crippen LogP contribution in [0.15, 0.2) is 53.6 Å². The normalized spacial score (nSPS) is 16.6. The van der Waals surface area contributed by atoms with Crippen molar-refractivity contribution < 1.29 is 18.7 Å². The lowest BCUT2D eigenvalue weighted by atomic mass is 10.0. The van der Waals surface area contributed by atoms with E-state index < -0.39 is 0 Å². The lowest BCUT2D eigenvalue weighted by Crippen LogP contribution is -2.47. The molecule has 2 amide bonds. The van der Waals surface area contributed by atoms with E-state index in [1.54, 1.807) is 13.2 Å². The number of anilines is 1. The fraction of sp³-hybridized carbons (Fsp3) is 0.444. The van der Waals surface area contributed by atoms with Crippen molar-refractivity contribution in [2.45, 2.75) is 25.7 Å². The van der Waals surface area contributed by atoms with E-state index in [4.69, 9.17) is 4.74 Å². The van der Waals surface area contributed by atoms with Gasteiger partial charge in [0.2, 0.25) is 11.8 Å². The van der Waals surface area contributed by atoms with E-state index in [0.29, 0.717) is 25.1 Å². The van der Waals surface area contributed by atoms with Crippen molar-refractivity contribution in [3.8, 4) is 5.75 Å². The monoisotopic (exact) mass is 495 g/mol. The molecule has 1 N–H and O–H groups in total. The summed E-state index contributed by atoms with van der Waals surface area (Å²) in [6.07, 6.45) is 2.03. The van der Waals surface area contributed by atoms with Crippen molar-refractivity contribution >= 4 is 23.2 Å². The highest BCUT2D eigenvalue weighted by atomic mass is 19.1. The number of amides is 2. The van der Waals surface area contributed by atoms with Crippen LogP contribution in [0.1, 0.15) is 31.2 Å². The van der Waals surface area contributed by atoms with Crippen LogP contribution < -0.4 is 15.0 Å². The summed E-state index contributed by atoms with van der Waals surface area (Å²) in [7, 11) is 1.62. The van der Waals surface area contributed by atoms with E-state index in [0.717, 1.165) is 56.2 Å². The van der Waals surface area contributed by atoms with Crippen LogP contribution in [0.5, 0.6) is 5.75 Å². The van der Waals surface area contributed by atoms with Crippen LogP contribution in [0.2, 0.25) is 0 Å². The third kappa shape index (κ3) is 6.81. The fourth-order valence-corrected chi connectivity index (χ4v) is 4.51. The van der Waals surface area contributed by atoms with E-state index >= 15 is 0 Å². The first-order valence-corrected chi connectivity index (χ1v) is 12.5. The number of hydrazone groups is 1. The molecule has 192 valence electrons. The standard InChI is InChI=1S/C27H34FN5O3/c1-36-22-9-7-21(8-10-22)24-11-12-27(35)33(30-24)16-13-26(34)29-14-4-15-31-17-19-32(20-18-31)25-6-3-2-5-23(25)28/h2-3,5-10H,4,11-20H2,1H3,(H,29,34). The van der Waals surface area contributed by atoms with E-state index in [1.165, 1.54) is 11.1 Å². The molecule has 4 rings (SSSR count). The Bertz CT molecular complexity index is 1070. The number of methoxy groups -OCH3 is 1. The Morgan fingerprint density at radius 3 is 2.50 bits per heavy atom. The topological polar surface area (TPSA) is 77.5 Å². The fourth-order valence-electron chi connectivity index (χ4n) is 4.51. The van der Waals surface area contributed by atoms with Gasteiger partial charge in [0.1, 0.15) is 11.6 Å². The van der Waals surface area contributed by atoms with Gasteiger partial charge in [0.25, 0.3) is 0 Å². The molecule has 1 fully saturated rings. The minimum atomic E-state index is -0.178. The van der Waals surface area contributed by atoms with Crippen LogP contribution in [0.25, 0.3) is 0 Å². The smallest absolute Gasteiger partial charge is 0.243 e. The number of para-hydroxylation sites is 1. The van der Waals surface area contributed by atoms with Crippen LogP contribution >= 0.6 is 0 Å². The molecule has 2 aliphatic rings. The quantitative estimate of drug-likeness (QED) is 0.513. The second-order valence-electron chi connectivity index (χ2n) is 9.03. The highest BCUT2D eigenvalue weighted by molar-refractivity contribution is 6.04. The van der Waals surface area contributed by atoms with Crippen molar-refractivity contribution in [3.63, 3.8) is 0 Å². The number of hydrogen-bond acceptors (Lipinski definition) is 6. The second-order valence-corrected chi connectivity index (χ2v) is 9.03. The van der Waals surface area contributed by atoms with Crippen molar-refractivity contribution in [1.29, 1.82) is 0 Å². The summed E-state index contributed by atoms with van der Waals surface area (Å²) in [5, 5.41) is 8.86. The minimum Gasteiger partial charge on any atom is -0.497 e. The molecule has 0 radical (unpaired) electrons. The van der Waals surface area contributed by atoms with Crippen LogP contribution in [0, 0.1) is 5.82 Å². The molecule has 0 aliphatic carbocycles. The van der Waals surface area contributed by atoms with E-state index in [-0.39, 0.29) is 30.6 Å². The van der Waals surface area contributed by atoms with Gasteiger partial charge in [0.05, 0.1) is 25.1 Å². The van der Waals surface area contributed by atoms with Crippen molar-refractivity contribution in [2.75, 3.05) is 57.8 Å². The molecule has 8 nitrogen and oxygen atoms in total. The molecule has 0 spiro atoms. The highest BCUT2D eigenvalue weighted by Gasteiger charge is 2.22. The van der Waals surface area contributed by atoms with Gasteiger partial charge in [0.15, 0.2) is 0 Å². The molecule has 2 aromatic rings. The zero-order chi connectivity index (χ0) is 25.3. The molecule has 0 unspecified atom stereocenters. The van der Waals surface area contributed by atoms with E-state index in [2.05, 4.69) is 20.2 Å². The van der Waals surface area contributed by atoms with Gasteiger partial charge in [-0.25, -0.2) is 9.40 Å². The zero-order valence-electron chi connectivity index (χ0n) is 20.8. The lowest BCUT2D eigenvalue weighted by molar-refractivity contribution is -0.132. The summed E-state index contributed by atoms with van der Waals surface area (Å²) in [5.41, 5.74) is 2.46. The van der Waals surface area contributed by atoms with Crippen LogP contribution in [-0.2, 0) is 9.59 Å². The van der Waals surface area contributed by atoms with Gasteiger partial charge in [-0.1, -0.05) is 12.1 Å². The van der Waals surface area contributed by atoms with Crippen LogP contribution in [-0.4, -0.2) is 80.4 Å². The minimum absolute atomic E-state index is 0.0606. The first kappa shape index (κ1) is 25.6. The first-order valence-electron chi connectivity index (χ1n) is 12.5. The Balaban J connectivity index is 1.14. The Hall–Kier alpha value is -3.46. The van der Waals surface area contributed by atoms with Gasteiger partial charge >= 0.3 is 0 Å². The number of nitrogens with zero attached hydrogens (tertiary/aromatic N) is 4. The van der Waals surface area contributed by atoms with Gasteiger partial charge in [-0.2, -0.15) is 5.10 Å². The first-order chi connectivity index (χ1) is 17.5. The molecule has 9 heteroatoms. The lowest BCUT2D eigenvalue weighted by Gasteiger charge is -2.36. The SMILES string of the molecule is COc1ccc(C2=NN(CCC(=O)NCCCN3CCN(c4ccccc4F)CC3)C(=O)CC2)cc1. The third-order valence-corrected chi connectivity index (χ3v) is 6.62. The molecule has 0 atom stereocenters. The molecule has 2 aliphatic heterocycles. The summed E-state index contributed by atoms with van der Waals surface area (Å²) >= 11 is 0. The summed E-state index contributed by atoms with van der Waals surface area (Å²) in [6, 6.07) is 14.5. The second kappa shape index (κ2) is 12.5. The Kier molecular flexibility index (Phi) is 8.89. The van der Waals surface area contributed by atoms with Gasteiger partial charge < -0.3 is 15.0 Å². The molecule has 0 saturated carbocycles. The summed E-state index contributed by atoms with van der Waals surface area (Å²) in [6.45, 7) is 5.04. The Morgan fingerprint density at radius 2 is 1.78 bits per heavy atom. The van der Waals surface area contributed by atoms with E-state index in [1.807, 2.05) is 36.4 Å². The maximum atomic E-state index is 14.0. The van der Waals surface area contributed by atoms with Crippen molar-refractivity contribution in [1.82, 2.24) is 15.2 Å². The Labute approximate surface area is 211 Å². The van der Waals surface area contributed by atoms with E-state index in [9.17, 15) is 14.0 Å². The van der Waals surface area contributed by atoms with Crippen molar-refractivity contribution in [2.24, 2.45) is 5.10 Å². The molecule has 0 aromatic heterocycles. The number of rotatable bonds is 10. The van der Waals surface area contributed by atoms with Crippen LogP contribution in [0.4, 0.5) is 10.1 Å². The molecular formula is C27H34FN5O3. The number of carbonyl (C=O) groups is 2. The predicted molar refractivity (Wildman–Crippen MR) is 138 cm³/mol. The molecule has 2 heterocycles. The third-order valence-electron chi connectivity index (χ3n) is 6.62. The predicted octanol–water partition coefficient (Wildman–Crippen LogP) is 2.88. The van der Waals surface area contributed by atoms with Gasteiger partial charge in [0, 0.05) is 52.0 Å². The number of carbonyl (C=O) groups excluding carboxylic acids is 2. The average Bonchev–Trinajstić information content (AvgIpc) is 2.91. The molecule has 1 saturated heterocycles. The summed E-state index contributed by atoms with van der Waals surface area (Å²) in [4.78, 5) is 29.0. The number of nitrogens with one attached hydrogen (secondary N) is 1.